The van der Waals surface area contributed by atoms with Crippen molar-refractivity contribution in [1.29, 1.82) is 0 Å². The first kappa shape index (κ1) is 22.8. The predicted molar refractivity (Wildman–Crippen MR) is 138 cm³/mol. The third kappa shape index (κ3) is 4.85. The summed E-state index contributed by atoms with van der Waals surface area (Å²) in [6.45, 7) is 5.19. The van der Waals surface area contributed by atoms with Gasteiger partial charge in [0.2, 0.25) is 6.79 Å². The van der Waals surface area contributed by atoms with Crippen molar-refractivity contribution in [1.82, 2.24) is 14.8 Å². The average molecular weight is 483 g/mol. The minimum atomic E-state index is -0.165. The molecule has 36 heavy (non-hydrogen) atoms. The molecule has 6 rings (SSSR count). The van der Waals surface area contributed by atoms with E-state index in [4.69, 9.17) is 14.6 Å². The Morgan fingerprint density at radius 2 is 1.53 bits per heavy atom. The largest absolute Gasteiger partial charge is 0.454 e. The van der Waals surface area contributed by atoms with E-state index in [2.05, 4.69) is 46.2 Å². The molecule has 7 nitrogen and oxygen atoms in total. The molecule has 1 amide bonds. The van der Waals surface area contributed by atoms with Gasteiger partial charge in [0.1, 0.15) is 0 Å². The summed E-state index contributed by atoms with van der Waals surface area (Å²) in [5.74, 6) is 1.50. The highest BCUT2D eigenvalue weighted by Crippen LogP contribution is 2.39. The Balaban J connectivity index is 1.15. The van der Waals surface area contributed by atoms with Crippen molar-refractivity contribution in [3.8, 4) is 11.5 Å². The first-order valence-corrected chi connectivity index (χ1v) is 12.6. The van der Waals surface area contributed by atoms with Crippen molar-refractivity contribution >= 4 is 11.6 Å². The number of piperazine rings is 1. The number of benzene rings is 3. The maximum absolute atomic E-state index is 13.6. The van der Waals surface area contributed by atoms with Crippen molar-refractivity contribution in [3.63, 3.8) is 0 Å². The van der Waals surface area contributed by atoms with Gasteiger partial charge in [-0.15, -0.1) is 0 Å². The molecule has 184 valence electrons. The van der Waals surface area contributed by atoms with Crippen molar-refractivity contribution in [2.75, 3.05) is 39.5 Å². The van der Waals surface area contributed by atoms with Gasteiger partial charge in [-0.2, -0.15) is 5.10 Å². The molecule has 1 saturated heterocycles. The Morgan fingerprint density at radius 1 is 0.833 bits per heavy atom. The SMILES string of the molecule is O=C(CN1CCN(Cc2ccccc2)CC1)N1N=C(c2ccccc2)C[C@H]1c1ccc2c(c1)OCO2. The first-order chi connectivity index (χ1) is 17.7. The minimum Gasteiger partial charge on any atom is -0.454 e. The Labute approximate surface area is 211 Å². The van der Waals surface area contributed by atoms with Crippen molar-refractivity contribution < 1.29 is 14.3 Å². The molecular formula is C29H30N4O3. The van der Waals surface area contributed by atoms with Crippen LogP contribution in [0.1, 0.15) is 29.2 Å². The Morgan fingerprint density at radius 3 is 2.31 bits per heavy atom. The molecule has 0 aliphatic carbocycles. The highest BCUT2D eigenvalue weighted by Gasteiger charge is 2.35. The summed E-state index contributed by atoms with van der Waals surface area (Å²) in [4.78, 5) is 18.3. The zero-order valence-corrected chi connectivity index (χ0v) is 20.3. The van der Waals surface area contributed by atoms with Crippen LogP contribution in [0.4, 0.5) is 0 Å². The summed E-state index contributed by atoms with van der Waals surface area (Å²) < 4.78 is 11.1. The van der Waals surface area contributed by atoms with E-state index in [1.165, 1.54) is 5.56 Å². The molecule has 0 aromatic heterocycles. The van der Waals surface area contributed by atoms with E-state index in [0.29, 0.717) is 13.0 Å². The van der Waals surface area contributed by atoms with Gasteiger partial charge in [-0.3, -0.25) is 14.6 Å². The van der Waals surface area contributed by atoms with E-state index < -0.39 is 0 Å². The molecule has 0 N–H and O–H groups in total. The molecule has 0 radical (unpaired) electrons. The van der Waals surface area contributed by atoms with Gasteiger partial charge in [-0.25, -0.2) is 5.01 Å². The normalized spacial score (nSPS) is 19.9. The van der Waals surface area contributed by atoms with Crippen LogP contribution in [0.5, 0.6) is 11.5 Å². The van der Waals surface area contributed by atoms with Crippen LogP contribution in [0.2, 0.25) is 0 Å². The topological polar surface area (TPSA) is 57.6 Å². The molecule has 3 aliphatic rings. The van der Waals surface area contributed by atoms with E-state index in [9.17, 15) is 4.79 Å². The Hall–Kier alpha value is -3.68. The lowest BCUT2D eigenvalue weighted by atomic mass is 9.98. The van der Waals surface area contributed by atoms with Gasteiger partial charge in [0.15, 0.2) is 11.5 Å². The van der Waals surface area contributed by atoms with Crippen LogP contribution in [0.25, 0.3) is 0 Å². The lowest BCUT2D eigenvalue weighted by Gasteiger charge is -2.35. The molecule has 1 fully saturated rings. The van der Waals surface area contributed by atoms with Gasteiger partial charge in [-0.1, -0.05) is 66.7 Å². The first-order valence-electron chi connectivity index (χ1n) is 12.6. The van der Waals surface area contributed by atoms with E-state index in [-0.39, 0.29) is 18.7 Å². The van der Waals surface area contributed by atoms with Gasteiger partial charge < -0.3 is 9.47 Å². The molecule has 0 spiro atoms. The van der Waals surface area contributed by atoms with Gasteiger partial charge in [0.25, 0.3) is 5.91 Å². The highest BCUT2D eigenvalue weighted by molar-refractivity contribution is 6.03. The van der Waals surface area contributed by atoms with Gasteiger partial charge >= 0.3 is 0 Å². The number of rotatable bonds is 6. The molecule has 3 aliphatic heterocycles. The molecule has 0 saturated carbocycles. The predicted octanol–water partition coefficient (Wildman–Crippen LogP) is 3.91. The molecule has 0 unspecified atom stereocenters. The molecule has 3 heterocycles. The average Bonchev–Trinajstić information content (AvgIpc) is 3.58. The smallest absolute Gasteiger partial charge is 0.257 e. The molecule has 3 aromatic carbocycles. The van der Waals surface area contributed by atoms with Crippen LogP contribution in [0, 0.1) is 0 Å². The van der Waals surface area contributed by atoms with Crippen molar-refractivity contribution in [2.24, 2.45) is 5.10 Å². The number of carbonyl (C=O) groups is 1. The van der Waals surface area contributed by atoms with E-state index >= 15 is 0 Å². The number of amides is 1. The lowest BCUT2D eigenvalue weighted by Crippen LogP contribution is -2.49. The zero-order valence-electron chi connectivity index (χ0n) is 20.3. The summed E-state index contributed by atoms with van der Waals surface area (Å²) in [6, 6.07) is 26.4. The third-order valence-corrected chi connectivity index (χ3v) is 7.13. The second kappa shape index (κ2) is 10.1. The summed E-state index contributed by atoms with van der Waals surface area (Å²) >= 11 is 0. The Bertz CT molecular complexity index is 1240. The molecule has 1 atom stereocenters. The standard InChI is InChI=1S/C29H30N4O3/c34-29(20-32-15-13-31(14-16-32)19-22-7-3-1-4-8-22)33-26(18-25(30-33)23-9-5-2-6-10-23)24-11-12-27-28(17-24)36-21-35-27/h1-12,17,26H,13-16,18-21H2/t26-/m0/s1. The molecule has 0 bridgehead atoms. The van der Waals surface area contributed by atoms with Crippen LogP contribution in [0.15, 0.2) is 84.0 Å². The fraction of sp³-hybridized carbons (Fsp3) is 0.310. The fourth-order valence-electron chi connectivity index (χ4n) is 5.14. The van der Waals surface area contributed by atoms with E-state index in [0.717, 1.165) is 61.1 Å². The number of hydrazone groups is 1. The number of hydrogen-bond acceptors (Lipinski definition) is 6. The molecule has 7 heteroatoms. The third-order valence-electron chi connectivity index (χ3n) is 7.13. The van der Waals surface area contributed by atoms with E-state index in [1.54, 1.807) is 5.01 Å². The summed E-state index contributed by atoms with van der Waals surface area (Å²) in [6.07, 6.45) is 0.667. The summed E-state index contributed by atoms with van der Waals surface area (Å²) in [5.41, 5.74) is 4.32. The molecule has 3 aromatic rings. The summed E-state index contributed by atoms with van der Waals surface area (Å²) in [7, 11) is 0. The Kier molecular flexibility index (Phi) is 6.40. The monoisotopic (exact) mass is 482 g/mol. The lowest BCUT2D eigenvalue weighted by molar-refractivity contribution is -0.134. The maximum Gasteiger partial charge on any atom is 0.257 e. The highest BCUT2D eigenvalue weighted by atomic mass is 16.7. The number of ether oxygens (including phenoxy) is 2. The van der Waals surface area contributed by atoms with Gasteiger partial charge in [0, 0.05) is 39.1 Å². The fourth-order valence-corrected chi connectivity index (χ4v) is 5.14. The number of hydrogen-bond donors (Lipinski definition) is 0. The minimum absolute atomic E-state index is 0.0279. The van der Waals surface area contributed by atoms with Crippen LogP contribution >= 0.6 is 0 Å². The van der Waals surface area contributed by atoms with Crippen LogP contribution in [-0.4, -0.2) is 65.9 Å². The van der Waals surface area contributed by atoms with Gasteiger partial charge in [-0.05, 0) is 28.8 Å². The second-order valence-electron chi connectivity index (χ2n) is 9.52. The number of nitrogens with zero attached hydrogens (tertiary/aromatic N) is 4. The zero-order chi connectivity index (χ0) is 24.3. The number of carbonyl (C=O) groups excluding carboxylic acids is 1. The van der Waals surface area contributed by atoms with Crippen LogP contribution in [0.3, 0.4) is 0 Å². The quantitative estimate of drug-likeness (QED) is 0.533. The summed E-state index contributed by atoms with van der Waals surface area (Å²) in [5, 5.41) is 6.53. The van der Waals surface area contributed by atoms with Gasteiger partial charge in [0.05, 0.1) is 18.3 Å². The van der Waals surface area contributed by atoms with E-state index in [1.807, 2.05) is 42.5 Å². The van der Waals surface area contributed by atoms with Crippen molar-refractivity contribution in [2.45, 2.75) is 19.0 Å². The maximum atomic E-state index is 13.6. The second-order valence-corrected chi connectivity index (χ2v) is 9.52. The number of fused-ring (bicyclic) bond motifs is 1. The molecular weight excluding hydrogens is 452 g/mol. The van der Waals surface area contributed by atoms with Crippen LogP contribution in [-0.2, 0) is 11.3 Å². The van der Waals surface area contributed by atoms with Crippen LogP contribution < -0.4 is 9.47 Å². The van der Waals surface area contributed by atoms with Crippen molar-refractivity contribution in [3.05, 3.63) is 95.6 Å².